The predicted octanol–water partition coefficient (Wildman–Crippen LogP) is 1.75. The third kappa shape index (κ3) is 8.02. The van der Waals surface area contributed by atoms with E-state index in [-0.39, 0.29) is 5.54 Å². The lowest BCUT2D eigenvalue weighted by Gasteiger charge is -2.20. The fraction of sp³-hybridized carbons (Fsp3) is 1.00. The monoisotopic (exact) mass is 172 g/mol. The van der Waals surface area contributed by atoms with Crippen molar-refractivity contribution in [2.24, 2.45) is 11.7 Å². The van der Waals surface area contributed by atoms with Gasteiger partial charge >= 0.3 is 0 Å². The zero-order valence-electron chi connectivity index (χ0n) is 8.98. The maximum Gasteiger partial charge on any atom is 0.00965 e. The minimum absolute atomic E-state index is 0.256. The molecule has 0 aliphatic rings. The van der Waals surface area contributed by atoms with Gasteiger partial charge < -0.3 is 11.1 Å². The topological polar surface area (TPSA) is 38.0 Å². The largest absolute Gasteiger partial charge is 0.330 e. The zero-order chi connectivity index (χ0) is 9.61. The predicted molar refractivity (Wildman–Crippen MR) is 55.2 cm³/mol. The zero-order valence-corrected chi connectivity index (χ0v) is 8.98. The second kappa shape index (κ2) is 5.55. The molecule has 0 saturated heterocycles. The molecule has 0 amide bonds. The molecule has 0 aromatic heterocycles. The van der Waals surface area contributed by atoms with E-state index in [1.807, 2.05) is 0 Å². The van der Waals surface area contributed by atoms with Gasteiger partial charge in [-0.25, -0.2) is 0 Å². The molecule has 0 aromatic rings. The van der Waals surface area contributed by atoms with Gasteiger partial charge in [0, 0.05) is 5.54 Å². The van der Waals surface area contributed by atoms with Gasteiger partial charge in [0.1, 0.15) is 0 Å². The van der Waals surface area contributed by atoms with Gasteiger partial charge in [-0.2, -0.15) is 0 Å². The minimum Gasteiger partial charge on any atom is -0.330 e. The maximum absolute atomic E-state index is 5.52. The molecule has 12 heavy (non-hydrogen) atoms. The van der Waals surface area contributed by atoms with Gasteiger partial charge in [0.15, 0.2) is 0 Å². The van der Waals surface area contributed by atoms with Crippen LogP contribution in [0.2, 0.25) is 0 Å². The Hall–Kier alpha value is -0.0800. The molecule has 0 fully saturated rings. The van der Waals surface area contributed by atoms with E-state index in [1.54, 1.807) is 0 Å². The second-order valence-electron chi connectivity index (χ2n) is 4.66. The number of nitrogens with one attached hydrogen (secondary N) is 1. The molecule has 3 N–H and O–H groups in total. The molecule has 2 nitrogen and oxygen atoms in total. The van der Waals surface area contributed by atoms with Crippen molar-refractivity contribution in [1.29, 1.82) is 0 Å². The van der Waals surface area contributed by atoms with Crippen molar-refractivity contribution in [3.8, 4) is 0 Å². The van der Waals surface area contributed by atoms with Crippen molar-refractivity contribution in [2.45, 2.75) is 46.1 Å². The summed E-state index contributed by atoms with van der Waals surface area (Å²) in [6.45, 7) is 10.7. The maximum atomic E-state index is 5.52. The number of nitrogens with two attached hydrogens (primary N) is 1. The fourth-order valence-electron chi connectivity index (χ4n) is 1.03. The van der Waals surface area contributed by atoms with E-state index in [0.717, 1.165) is 13.1 Å². The highest BCUT2D eigenvalue weighted by molar-refractivity contribution is 4.69. The molecular weight excluding hydrogens is 148 g/mol. The number of hydrogen-bond acceptors (Lipinski definition) is 2. The Morgan fingerprint density at radius 3 is 2.33 bits per heavy atom. The van der Waals surface area contributed by atoms with Crippen LogP contribution in [0.15, 0.2) is 0 Å². The van der Waals surface area contributed by atoms with Crippen LogP contribution in [0.1, 0.15) is 40.5 Å². The highest BCUT2D eigenvalue weighted by atomic mass is 14.9. The first-order chi connectivity index (χ1) is 5.45. The van der Waals surface area contributed by atoms with Crippen molar-refractivity contribution in [1.82, 2.24) is 5.32 Å². The molecular formula is C10H24N2. The van der Waals surface area contributed by atoms with Crippen LogP contribution in [0.25, 0.3) is 0 Å². The van der Waals surface area contributed by atoms with Crippen LogP contribution in [-0.4, -0.2) is 18.6 Å². The average Bonchev–Trinajstić information content (AvgIpc) is 1.96. The van der Waals surface area contributed by atoms with Crippen LogP contribution in [0.3, 0.4) is 0 Å². The molecule has 0 saturated carbocycles. The Labute approximate surface area is 76.9 Å². The number of rotatable bonds is 5. The van der Waals surface area contributed by atoms with Crippen LogP contribution >= 0.6 is 0 Å². The summed E-state index contributed by atoms with van der Waals surface area (Å²) < 4.78 is 0. The summed E-state index contributed by atoms with van der Waals surface area (Å²) in [5.74, 6) is 0.673. The molecule has 0 radical (unpaired) electrons. The molecule has 0 aliphatic carbocycles. The standard InChI is InChI=1S/C10H24N2/c1-9(8-11)6-5-7-12-10(2,3)4/h9,12H,5-8,11H2,1-4H3. The summed E-state index contributed by atoms with van der Waals surface area (Å²) in [5.41, 5.74) is 5.78. The molecule has 0 heterocycles. The summed E-state index contributed by atoms with van der Waals surface area (Å²) >= 11 is 0. The van der Waals surface area contributed by atoms with Crippen molar-refractivity contribution in [2.75, 3.05) is 13.1 Å². The first-order valence-corrected chi connectivity index (χ1v) is 4.91. The van der Waals surface area contributed by atoms with Gasteiger partial charge in [0.05, 0.1) is 0 Å². The van der Waals surface area contributed by atoms with E-state index < -0.39 is 0 Å². The van der Waals surface area contributed by atoms with Crippen molar-refractivity contribution < 1.29 is 0 Å². The van der Waals surface area contributed by atoms with E-state index in [0.29, 0.717) is 5.92 Å². The molecule has 74 valence electrons. The van der Waals surface area contributed by atoms with E-state index in [9.17, 15) is 0 Å². The lowest BCUT2D eigenvalue weighted by atomic mass is 10.0. The Morgan fingerprint density at radius 2 is 1.92 bits per heavy atom. The van der Waals surface area contributed by atoms with Crippen molar-refractivity contribution >= 4 is 0 Å². The molecule has 0 spiro atoms. The van der Waals surface area contributed by atoms with Crippen LogP contribution < -0.4 is 11.1 Å². The molecule has 1 atom stereocenters. The van der Waals surface area contributed by atoms with Gasteiger partial charge in [0.2, 0.25) is 0 Å². The van der Waals surface area contributed by atoms with Crippen LogP contribution in [0.5, 0.6) is 0 Å². The Bertz CT molecular complexity index is 105. The van der Waals surface area contributed by atoms with Gasteiger partial charge in [-0.1, -0.05) is 6.92 Å². The molecule has 0 aromatic carbocycles. The van der Waals surface area contributed by atoms with E-state index in [2.05, 4.69) is 33.0 Å². The average molecular weight is 172 g/mol. The van der Waals surface area contributed by atoms with Crippen molar-refractivity contribution in [3.63, 3.8) is 0 Å². The first-order valence-electron chi connectivity index (χ1n) is 4.91. The molecule has 0 rings (SSSR count). The summed E-state index contributed by atoms with van der Waals surface area (Å²) in [4.78, 5) is 0. The highest BCUT2D eigenvalue weighted by Gasteiger charge is 2.07. The van der Waals surface area contributed by atoms with Gasteiger partial charge in [-0.15, -0.1) is 0 Å². The van der Waals surface area contributed by atoms with Crippen LogP contribution in [0.4, 0.5) is 0 Å². The van der Waals surface area contributed by atoms with Gasteiger partial charge in [-0.05, 0) is 52.6 Å². The van der Waals surface area contributed by atoms with Gasteiger partial charge in [-0.3, -0.25) is 0 Å². The highest BCUT2D eigenvalue weighted by Crippen LogP contribution is 2.04. The third-order valence-corrected chi connectivity index (χ3v) is 1.93. The van der Waals surface area contributed by atoms with Gasteiger partial charge in [0.25, 0.3) is 0 Å². The lowest BCUT2D eigenvalue weighted by Crippen LogP contribution is -2.36. The minimum atomic E-state index is 0.256. The quantitative estimate of drug-likeness (QED) is 0.620. The summed E-state index contributed by atoms with van der Waals surface area (Å²) in [5, 5.41) is 3.46. The van der Waals surface area contributed by atoms with Crippen LogP contribution in [0, 0.1) is 5.92 Å². The summed E-state index contributed by atoms with van der Waals surface area (Å²) in [7, 11) is 0. The molecule has 0 aliphatic heterocycles. The first kappa shape index (κ1) is 11.9. The third-order valence-electron chi connectivity index (χ3n) is 1.93. The van der Waals surface area contributed by atoms with Crippen molar-refractivity contribution in [3.05, 3.63) is 0 Å². The summed E-state index contributed by atoms with van der Waals surface area (Å²) in [6.07, 6.45) is 2.47. The fourth-order valence-corrected chi connectivity index (χ4v) is 1.03. The normalized spacial score (nSPS) is 14.8. The smallest absolute Gasteiger partial charge is 0.00965 e. The Morgan fingerprint density at radius 1 is 1.33 bits per heavy atom. The van der Waals surface area contributed by atoms with E-state index in [1.165, 1.54) is 12.8 Å². The summed E-state index contributed by atoms with van der Waals surface area (Å²) in [6, 6.07) is 0. The Balaban J connectivity index is 3.22. The number of hydrogen-bond donors (Lipinski definition) is 2. The van der Waals surface area contributed by atoms with E-state index in [4.69, 9.17) is 5.73 Å². The molecule has 0 bridgehead atoms. The second-order valence-corrected chi connectivity index (χ2v) is 4.66. The Kier molecular flexibility index (Phi) is 5.51. The lowest BCUT2D eigenvalue weighted by molar-refractivity contribution is 0.404. The SMILES string of the molecule is CC(CN)CCCNC(C)(C)C. The van der Waals surface area contributed by atoms with Crippen LogP contribution in [-0.2, 0) is 0 Å². The molecule has 2 heteroatoms. The van der Waals surface area contributed by atoms with E-state index >= 15 is 0 Å². The molecule has 1 unspecified atom stereocenters.